The van der Waals surface area contributed by atoms with Gasteiger partial charge in [-0.2, -0.15) is 0 Å². The van der Waals surface area contributed by atoms with E-state index in [2.05, 4.69) is 26.1 Å². The predicted molar refractivity (Wildman–Crippen MR) is 85.9 cm³/mol. The number of amides is 2. The number of hydrogen-bond donors (Lipinski definition) is 1. The summed E-state index contributed by atoms with van der Waals surface area (Å²) in [5.41, 5.74) is -0.0401. The Labute approximate surface area is 130 Å². The lowest BCUT2D eigenvalue weighted by Gasteiger charge is -2.41. The number of carbonyl (C=O) groups excluding carboxylic acids is 2. The lowest BCUT2D eigenvalue weighted by Crippen LogP contribution is -2.63. The quantitative estimate of drug-likeness (QED) is 0.867. The van der Waals surface area contributed by atoms with Crippen LogP contribution < -0.4 is 5.32 Å². The van der Waals surface area contributed by atoms with Crippen molar-refractivity contribution in [2.24, 2.45) is 0 Å². The van der Waals surface area contributed by atoms with Gasteiger partial charge in [-0.25, -0.2) is 0 Å². The van der Waals surface area contributed by atoms with E-state index in [1.807, 2.05) is 13.0 Å². The van der Waals surface area contributed by atoms with Gasteiger partial charge in [0.1, 0.15) is 5.54 Å². The molecule has 1 N–H and O–H groups in total. The van der Waals surface area contributed by atoms with E-state index >= 15 is 0 Å². The number of rotatable bonds is 1. The molecule has 21 heavy (non-hydrogen) atoms. The van der Waals surface area contributed by atoms with E-state index in [-0.39, 0.29) is 17.2 Å². The largest absolute Gasteiger partial charge is 0.352 e. The van der Waals surface area contributed by atoms with Crippen molar-refractivity contribution in [3.8, 4) is 0 Å². The Kier molecular flexibility index (Phi) is 3.91. The predicted octanol–water partition coefficient (Wildman–Crippen LogP) is 2.70. The zero-order valence-electron chi connectivity index (χ0n) is 13.7. The molecule has 5 heteroatoms. The zero-order chi connectivity index (χ0) is 16.0. The second-order valence-electron chi connectivity index (χ2n) is 7.10. The van der Waals surface area contributed by atoms with Crippen LogP contribution in [0.4, 0.5) is 0 Å². The third kappa shape index (κ3) is 2.84. The van der Waals surface area contributed by atoms with Crippen LogP contribution in [0.5, 0.6) is 0 Å². The molecule has 1 fully saturated rings. The summed E-state index contributed by atoms with van der Waals surface area (Å²) >= 11 is 1.67. The van der Waals surface area contributed by atoms with Gasteiger partial charge in [0.15, 0.2) is 0 Å². The molecule has 4 nitrogen and oxygen atoms in total. The Morgan fingerprint density at radius 1 is 1.38 bits per heavy atom. The van der Waals surface area contributed by atoms with Gasteiger partial charge >= 0.3 is 0 Å². The molecule has 1 aromatic rings. The van der Waals surface area contributed by atoms with Gasteiger partial charge in [0, 0.05) is 22.8 Å². The van der Waals surface area contributed by atoms with Crippen LogP contribution in [0.1, 0.15) is 54.7 Å². The Bertz CT molecular complexity index is 582. The van der Waals surface area contributed by atoms with Crippen molar-refractivity contribution >= 4 is 23.2 Å². The second kappa shape index (κ2) is 5.13. The minimum Gasteiger partial charge on any atom is -0.352 e. The average molecular weight is 308 g/mol. The number of piperazine rings is 1. The van der Waals surface area contributed by atoms with E-state index < -0.39 is 5.54 Å². The van der Waals surface area contributed by atoms with E-state index in [4.69, 9.17) is 0 Å². The van der Waals surface area contributed by atoms with Crippen molar-refractivity contribution in [3.63, 3.8) is 0 Å². The minimum atomic E-state index is -0.800. The lowest BCUT2D eigenvalue weighted by atomic mass is 9.93. The third-order valence-electron chi connectivity index (χ3n) is 3.98. The molecule has 0 atom stereocenters. The molecular formula is C16H24N2O2S. The summed E-state index contributed by atoms with van der Waals surface area (Å²) in [5, 5.41) is 2.82. The number of carbonyl (C=O) groups is 2. The smallest absolute Gasteiger partial charge is 0.255 e. The maximum Gasteiger partial charge on any atom is 0.255 e. The third-order valence-corrected chi connectivity index (χ3v) is 5.46. The molecule has 1 aliphatic heterocycles. The minimum absolute atomic E-state index is 0.0305. The summed E-state index contributed by atoms with van der Waals surface area (Å²) in [6.45, 7) is 13.1. The number of aryl methyl sites for hydroxylation is 1. The van der Waals surface area contributed by atoms with Crippen molar-refractivity contribution in [2.75, 3.05) is 13.1 Å². The molecule has 0 radical (unpaired) electrons. The number of nitrogens with one attached hydrogen (secondary N) is 1. The first kappa shape index (κ1) is 16.0. The first-order valence-electron chi connectivity index (χ1n) is 7.26. The van der Waals surface area contributed by atoms with Crippen LogP contribution in [-0.4, -0.2) is 35.3 Å². The Morgan fingerprint density at radius 2 is 2.00 bits per heavy atom. The Hall–Kier alpha value is -1.36. The SMILES string of the molecule is Cc1sc(C(C)(C)C)cc1C(=O)N1CCNC(=O)C1(C)C. The van der Waals surface area contributed by atoms with E-state index in [0.29, 0.717) is 13.1 Å². The fourth-order valence-electron chi connectivity index (χ4n) is 2.46. The van der Waals surface area contributed by atoms with Gasteiger partial charge in [-0.05, 0) is 32.3 Å². The standard InChI is InChI=1S/C16H24N2O2S/c1-10-11(9-12(21-10)15(2,3)4)13(19)18-8-7-17-14(20)16(18,5)6/h9H,7-8H2,1-6H3,(H,17,20). The maximum atomic E-state index is 12.9. The van der Waals surface area contributed by atoms with Gasteiger partial charge in [0.05, 0.1) is 5.56 Å². The maximum absolute atomic E-state index is 12.9. The van der Waals surface area contributed by atoms with Gasteiger partial charge < -0.3 is 10.2 Å². The molecule has 1 aromatic heterocycles. The molecule has 0 saturated carbocycles. The van der Waals surface area contributed by atoms with Gasteiger partial charge in [-0.1, -0.05) is 20.8 Å². The van der Waals surface area contributed by atoms with Gasteiger partial charge in [0.2, 0.25) is 5.91 Å². The lowest BCUT2D eigenvalue weighted by molar-refractivity contribution is -0.133. The molecule has 0 spiro atoms. The fraction of sp³-hybridized carbons (Fsp3) is 0.625. The van der Waals surface area contributed by atoms with Crippen molar-refractivity contribution in [1.82, 2.24) is 10.2 Å². The second-order valence-corrected chi connectivity index (χ2v) is 8.36. The van der Waals surface area contributed by atoms with Crippen molar-refractivity contribution in [2.45, 2.75) is 52.5 Å². The van der Waals surface area contributed by atoms with Crippen LogP contribution in [0.2, 0.25) is 0 Å². The molecule has 1 aliphatic rings. The molecule has 0 aliphatic carbocycles. The van der Waals surface area contributed by atoms with Crippen LogP contribution in [0, 0.1) is 6.92 Å². The highest BCUT2D eigenvalue weighted by Gasteiger charge is 2.41. The molecular weight excluding hydrogens is 284 g/mol. The highest BCUT2D eigenvalue weighted by Crippen LogP contribution is 2.33. The summed E-state index contributed by atoms with van der Waals surface area (Å²) < 4.78 is 0. The van der Waals surface area contributed by atoms with Crippen LogP contribution in [0.3, 0.4) is 0 Å². The molecule has 0 unspecified atom stereocenters. The molecule has 1 saturated heterocycles. The number of nitrogens with zero attached hydrogens (tertiary/aromatic N) is 1. The van der Waals surface area contributed by atoms with E-state index in [0.717, 1.165) is 10.4 Å². The van der Waals surface area contributed by atoms with Crippen LogP contribution in [-0.2, 0) is 10.2 Å². The fourth-order valence-corrected chi connectivity index (χ4v) is 3.53. The molecule has 0 bridgehead atoms. The van der Waals surface area contributed by atoms with Crippen molar-refractivity contribution < 1.29 is 9.59 Å². The molecule has 0 aromatic carbocycles. The molecule has 2 rings (SSSR count). The van der Waals surface area contributed by atoms with Gasteiger partial charge in [-0.15, -0.1) is 11.3 Å². The van der Waals surface area contributed by atoms with Crippen LogP contribution in [0.25, 0.3) is 0 Å². The van der Waals surface area contributed by atoms with Crippen molar-refractivity contribution in [3.05, 3.63) is 21.4 Å². The van der Waals surface area contributed by atoms with E-state index in [1.165, 1.54) is 4.88 Å². The summed E-state index contributed by atoms with van der Waals surface area (Å²) in [5.74, 6) is -0.134. The monoisotopic (exact) mass is 308 g/mol. The first-order valence-corrected chi connectivity index (χ1v) is 8.08. The Balaban J connectivity index is 2.36. The summed E-state index contributed by atoms with van der Waals surface area (Å²) in [6, 6.07) is 1.99. The number of thiophene rings is 1. The topological polar surface area (TPSA) is 49.4 Å². The molecule has 2 amide bonds. The summed E-state index contributed by atoms with van der Waals surface area (Å²) in [7, 11) is 0. The highest BCUT2D eigenvalue weighted by atomic mass is 32.1. The molecule has 2 heterocycles. The van der Waals surface area contributed by atoms with Gasteiger partial charge in [0.25, 0.3) is 5.91 Å². The molecule has 116 valence electrons. The summed E-state index contributed by atoms with van der Waals surface area (Å²) in [6.07, 6.45) is 0. The summed E-state index contributed by atoms with van der Waals surface area (Å²) in [4.78, 5) is 28.8. The highest BCUT2D eigenvalue weighted by molar-refractivity contribution is 7.12. The van der Waals surface area contributed by atoms with E-state index in [9.17, 15) is 9.59 Å². The zero-order valence-corrected chi connectivity index (χ0v) is 14.5. The number of hydrogen-bond acceptors (Lipinski definition) is 3. The van der Waals surface area contributed by atoms with Crippen LogP contribution >= 0.6 is 11.3 Å². The Morgan fingerprint density at radius 3 is 2.52 bits per heavy atom. The van der Waals surface area contributed by atoms with Crippen molar-refractivity contribution in [1.29, 1.82) is 0 Å². The average Bonchev–Trinajstić information content (AvgIpc) is 2.74. The van der Waals surface area contributed by atoms with Crippen LogP contribution in [0.15, 0.2) is 6.07 Å². The van der Waals surface area contributed by atoms with Gasteiger partial charge in [-0.3, -0.25) is 9.59 Å². The first-order chi connectivity index (χ1) is 9.55. The normalized spacial score (nSPS) is 18.6. The van der Waals surface area contributed by atoms with E-state index in [1.54, 1.807) is 30.1 Å².